The van der Waals surface area contributed by atoms with Crippen LogP contribution in [0.15, 0.2) is 0 Å². The summed E-state index contributed by atoms with van der Waals surface area (Å²) in [4.78, 5) is 12.0. The maximum atomic E-state index is 10.7. The van der Waals surface area contributed by atoms with E-state index in [1.165, 1.54) is 11.3 Å². The Balaban J connectivity index is 3.30. The molecular weight excluding hydrogens is 186 g/mol. The second-order valence-electron chi connectivity index (χ2n) is 3.27. The van der Waals surface area contributed by atoms with Gasteiger partial charge in [0.25, 0.3) is 0 Å². The van der Waals surface area contributed by atoms with Crippen molar-refractivity contribution in [1.29, 1.82) is 0 Å². The Kier molecular flexibility index (Phi) is 2.61. The first kappa shape index (κ1) is 10.1. The molecule has 1 aromatic rings. The van der Waals surface area contributed by atoms with Gasteiger partial charge in [0.1, 0.15) is 4.88 Å². The lowest BCUT2D eigenvalue weighted by atomic mass is 10.0. The molecule has 0 atom stereocenters. The third-order valence-corrected chi connectivity index (χ3v) is 3.07. The summed E-state index contributed by atoms with van der Waals surface area (Å²) in [6.45, 7) is 5.93. The minimum absolute atomic E-state index is 0.265. The Hall–Kier alpha value is -1.03. The van der Waals surface area contributed by atoms with E-state index in [0.29, 0.717) is 5.69 Å². The third-order valence-electron chi connectivity index (χ3n) is 1.94. The molecule has 0 saturated carbocycles. The van der Waals surface area contributed by atoms with Crippen molar-refractivity contribution >= 4 is 23.0 Å². The summed E-state index contributed by atoms with van der Waals surface area (Å²) < 4.78 is 0. The number of nitrogens with two attached hydrogens (primary N) is 1. The zero-order valence-electron chi connectivity index (χ0n) is 7.92. The topological polar surface area (TPSA) is 63.3 Å². The molecule has 3 nitrogen and oxygen atoms in total. The van der Waals surface area contributed by atoms with Gasteiger partial charge < -0.3 is 10.8 Å². The average Bonchev–Trinajstić information content (AvgIpc) is 2.26. The predicted molar refractivity (Wildman–Crippen MR) is 54.5 cm³/mol. The molecule has 0 aliphatic rings. The van der Waals surface area contributed by atoms with Crippen LogP contribution >= 0.6 is 11.3 Å². The number of carboxylic acids is 1. The lowest BCUT2D eigenvalue weighted by Gasteiger charge is -2.05. The average molecular weight is 199 g/mol. The standard InChI is InChI=1S/C9H13NO2S/c1-4(2)6-5(3)13-8(7(6)10)9(11)12/h4H,10H2,1-3H3,(H,11,12). The quantitative estimate of drug-likeness (QED) is 0.769. The Morgan fingerprint density at radius 3 is 2.31 bits per heavy atom. The Labute approximate surface area is 81.2 Å². The fraction of sp³-hybridized carbons (Fsp3) is 0.444. The van der Waals surface area contributed by atoms with Crippen molar-refractivity contribution < 1.29 is 9.90 Å². The van der Waals surface area contributed by atoms with Crippen LogP contribution in [0.1, 0.15) is 39.9 Å². The molecule has 0 radical (unpaired) electrons. The van der Waals surface area contributed by atoms with Crippen molar-refractivity contribution in [2.45, 2.75) is 26.7 Å². The number of carbonyl (C=O) groups is 1. The number of nitrogen functional groups attached to an aromatic ring is 1. The number of rotatable bonds is 2. The maximum Gasteiger partial charge on any atom is 0.348 e. The minimum atomic E-state index is -0.933. The van der Waals surface area contributed by atoms with Crippen LogP contribution in [0.2, 0.25) is 0 Å². The first-order valence-electron chi connectivity index (χ1n) is 4.07. The van der Waals surface area contributed by atoms with Gasteiger partial charge in [0.15, 0.2) is 0 Å². The summed E-state index contributed by atoms with van der Waals surface area (Å²) in [5.41, 5.74) is 7.15. The van der Waals surface area contributed by atoms with Gasteiger partial charge in [-0.1, -0.05) is 13.8 Å². The molecule has 0 bridgehead atoms. The molecule has 0 aliphatic heterocycles. The molecule has 0 aromatic carbocycles. The number of aromatic carboxylic acids is 1. The third kappa shape index (κ3) is 1.67. The fourth-order valence-corrected chi connectivity index (χ4v) is 2.52. The van der Waals surface area contributed by atoms with Gasteiger partial charge in [-0.2, -0.15) is 0 Å². The van der Waals surface area contributed by atoms with E-state index < -0.39 is 5.97 Å². The highest BCUT2D eigenvalue weighted by atomic mass is 32.1. The maximum absolute atomic E-state index is 10.7. The monoisotopic (exact) mass is 199 g/mol. The molecule has 0 aliphatic carbocycles. The van der Waals surface area contributed by atoms with Crippen molar-refractivity contribution in [3.63, 3.8) is 0 Å². The molecule has 0 fully saturated rings. The number of hydrogen-bond acceptors (Lipinski definition) is 3. The predicted octanol–water partition coefficient (Wildman–Crippen LogP) is 2.46. The molecule has 1 heterocycles. The molecule has 4 heteroatoms. The Morgan fingerprint density at radius 2 is 2.08 bits per heavy atom. The van der Waals surface area contributed by atoms with E-state index in [2.05, 4.69) is 0 Å². The second-order valence-corrected chi connectivity index (χ2v) is 4.50. The second kappa shape index (κ2) is 3.38. The highest BCUT2D eigenvalue weighted by Gasteiger charge is 2.19. The van der Waals surface area contributed by atoms with E-state index >= 15 is 0 Å². The van der Waals surface area contributed by atoms with Gasteiger partial charge in [-0.15, -0.1) is 11.3 Å². The van der Waals surface area contributed by atoms with Crippen molar-refractivity contribution in [3.05, 3.63) is 15.3 Å². The van der Waals surface area contributed by atoms with E-state index in [-0.39, 0.29) is 10.8 Å². The number of hydrogen-bond donors (Lipinski definition) is 2. The highest BCUT2D eigenvalue weighted by molar-refractivity contribution is 7.14. The van der Waals surface area contributed by atoms with Crippen LogP contribution in [0, 0.1) is 6.92 Å². The summed E-state index contributed by atoms with van der Waals surface area (Å²) in [5.74, 6) is -0.651. The lowest BCUT2D eigenvalue weighted by Crippen LogP contribution is -2.00. The van der Waals surface area contributed by atoms with Crippen LogP contribution in [0.25, 0.3) is 0 Å². The van der Waals surface area contributed by atoms with E-state index in [1.54, 1.807) is 0 Å². The van der Waals surface area contributed by atoms with Gasteiger partial charge in [0.05, 0.1) is 5.69 Å². The molecular formula is C9H13NO2S. The lowest BCUT2D eigenvalue weighted by molar-refractivity contribution is 0.0703. The number of aryl methyl sites for hydroxylation is 1. The summed E-state index contributed by atoms with van der Waals surface area (Å²) in [5, 5.41) is 8.82. The molecule has 13 heavy (non-hydrogen) atoms. The highest BCUT2D eigenvalue weighted by Crippen LogP contribution is 2.35. The summed E-state index contributed by atoms with van der Waals surface area (Å²) in [6, 6.07) is 0. The molecule has 72 valence electrons. The molecule has 0 amide bonds. The van der Waals surface area contributed by atoms with Crippen molar-refractivity contribution in [3.8, 4) is 0 Å². The van der Waals surface area contributed by atoms with Crippen molar-refractivity contribution in [1.82, 2.24) is 0 Å². The largest absolute Gasteiger partial charge is 0.477 e. The smallest absolute Gasteiger partial charge is 0.348 e. The zero-order valence-corrected chi connectivity index (χ0v) is 8.73. The first-order chi connectivity index (χ1) is 5.95. The fourth-order valence-electron chi connectivity index (χ4n) is 1.45. The van der Waals surface area contributed by atoms with Crippen LogP contribution in [0.4, 0.5) is 5.69 Å². The van der Waals surface area contributed by atoms with Gasteiger partial charge in [-0.3, -0.25) is 0 Å². The van der Waals surface area contributed by atoms with Crippen LogP contribution in [-0.4, -0.2) is 11.1 Å². The minimum Gasteiger partial charge on any atom is -0.477 e. The van der Waals surface area contributed by atoms with Crippen LogP contribution < -0.4 is 5.73 Å². The zero-order chi connectivity index (χ0) is 10.2. The van der Waals surface area contributed by atoms with Crippen LogP contribution in [0.3, 0.4) is 0 Å². The molecule has 0 saturated heterocycles. The van der Waals surface area contributed by atoms with E-state index in [0.717, 1.165) is 10.4 Å². The van der Waals surface area contributed by atoms with Crippen molar-refractivity contribution in [2.24, 2.45) is 0 Å². The molecule has 1 rings (SSSR count). The summed E-state index contributed by atoms with van der Waals surface area (Å²) in [6.07, 6.45) is 0. The molecule has 3 N–H and O–H groups in total. The van der Waals surface area contributed by atoms with Gasteiger partial charge in [0.2, 0.25) is 0 Å². The van der Waals surface area contributed by atoms with Gasteiger partial charge in [-0.25, -0.2) is 4.79 Å². The Morgan fingerprint density at radius 1 is 1.54 bits per heavy atom. The molecule has 0 unspecified atom stereocenters. The SMILES string of the molecule is Cc1sc(C(=O)O)c(N)c1C(C)C. The van der Waals surface area contributed by atoms with Crippen LogP contribution in [-0.2, 0) is 0 Å². The van der Waals surface area contributed by atoms with E-state index in [1.807, 2.05) is 20.8 Å². The number of carboxylic acid groups (broad SMARTS) is 1. The normalized spacial score (nSPS) is 10.8. The van der Waals surface area contributed by atoms with Crippen molar-refractivity contribution in [2.75, 3.05) is 5.73 Å². The van der Waals surface area contributed by atoms with Gasteiger partial charge >= 0.3 is 5.97 Å². The Bertz CT molecular complexity index is 342. The number of anilines is 1. The van der Waals surface area contributed by atoms with E-state index in [9.17, 15) is 4.79 Å². The van der Waals surface area contributed by atoms with Gasteiger partial charge in [0, 0.05) is 4.88 Å². The summed E-state index contributed by atoms with van der Waals surface area (Å²) in [7, 11) is 0. The molecule has 1 aromatic heterocycles. The van der Waals surface area contributed by atoms with Crippen LogP contribution in [0.5, 0.6) is 0 Å². The summed E-state index contributed by atoms with van der Waals surface area (Å²) >= 11 is 1.25. The number of thiophene rings is 1. The van der Waals surface area contributed by atoms with E-state index in [4.69, 9.17) is 10.8 Å². The van der Waals surface area contributed by atoms with Gasteiger partial charge in [-0.05, 0) is 18.4 Å². The molecule has 0 spiro atoms. The first-order valence-corrected chi connectivity index (χ1v) is 4.88.